The van der Waals surface area contributed by atoms with Gasteiger partial charge in [0.25, 0.3) is 5.91 Å². The average Bonchev–Trinajstić information content (AvgIpc) is 3.12. The van der Waals surface area contributed by atoms with E-state index < -0.39 is 17.7 Å². The normalized spacial score (nSPS) is 15.5. The van der Waals surface area contributed by atoms with Gasteiger partial charge in [0.15, 0.2) is 6.61 Å². The highest BCUT2D eigenvalue weighted by atomic mass is 16.5. The van der Waals surface area contributed by atoms with Crippen molar-refractivity contribution in [1.82, 2.24) is 10.9 Å². The lowest BCUT2D eigenvalue weighted by atomic mass is 10.1. The number of carbonyl (C=O) groups excluding carboxylic acids is 3. The van der Waals surface area contributed by atoms with E-state index in [4.69, 9.17) is 9.47 Å². The van der Waals surface area contributed by atoms with Crippen LogP contribution in [0.25, 0.3) is 0 Å². The topological polar surface area (TPSA) is 97.0 Å². The molecule has 3 rings (SSSR count). The number of nitrogens with zero attached hydrogens (tertiary/aromatic N) is 1. The van der Waals surface area contributed by atoms with E-state index in [1.54, 1.807) is 17.0 Å². The highest BCUT2D eigenvalue weighted by molar-refractivity contribution is 6.01. The lowest BCUT2D eigenvalue weighted by Crippen LogP contribution is -2.46. The monoisotopic (exact) mass is 425 g/mol. The fourth-order valence-corrected chi connectivity index (χ4v) is 3.51. The van der Waals surface area contributed by atoms with Gasteiger partial charge in [-0.1, -0.05) is 18.2 Å². The summed E-state index contributed by atoms with van der Waals surface area (Å²) in [5.41, 5.74) is 7.43. The van der Waals surface area contributed by atoms with Crippen molar-refractivity contribution in [3.63, 3.8) is 0 Å². The number of rotatable bonds is 7. The minimum Gasteiger partial charge on any atom is -0.492 e. The van der Waals surface area contributed by atoms with E-state index in [-0.39, 0.29) is 25.5 Å². The molecule has 1 fully saturated rings. The Kier molecular flexibility index (Phi) is 7.12. The summed E-state index contributed by atoms with van der Waals surface area (Å²) >= 11 is 0. The number of benzene rings is 2. The van der Waals surface area contributed by atoms with Crippen LogP contribution in [-0.2, 0) is 14.4 Å². The van der Waals surface area contributed by atoms with Gasteiger partial charge >= 0.3 is 0 Å². The van der Waals surface area contributed by atoms with Gasteiger partial charge in [-0.05, 0) is 56.2 Å². The molecule has 3 amide bonds. The predicted molar refractivity (Wildman–Crippen MR) is 116 cm³/mol. The maximum absolute atomic E-state index is 12.5. The lowest BCUT2D eigenvalue weighted by Gasteiger charge is -2.20. The Morgan fingerprint density at radius 3 is 2.48 bits per heavy atom. The minimum absolute atomic E-state index is 0.0568. The molecule has 0 radical (unpaired) electrons. The van der Waals surface area contributed by atoms with Gasteiger partial charge in [0.2, 0.25) is 11.8 Å². The molecule has 0 unspecified atom stereocenters. The predicted octanol–water partition coefficient (Wildman–Crippen LogP) is 2.28. The summed E-state index contributed by atoms with van der Waals surface area (Å²) in [6.45, 7) is 6.20. The second kappa shape index (κ2) is 9.97. The Balaban J connectivity index is 1.51. The summed E-state index contributed by atoms with van der Waals surface area (Å²) in [6, 6.07) is 12.9. The Morgan fingerprint density at radius 2 is 1.77 bits per heavy atom. The fraction of sp³-hybridized carbons (Fsp3) is 0.348. The van der Waals surface area contributed by atoms with Crippen molar-refractivity contribution in [2.75, 3.05) is 24.7 Å². The quantitative estimate of drug-likeness (QED) is 0.664. The maximum atomic E-state index is 12.5. The van der Waals surface area contributed by atoms with Gasteiger partial charge in [0.1, 0.15) is 11.5 Å². The molecule has 2 N–H and O–H groups in total. The van der Waals surface area contributed by atoms with Gasteiger partial charge in [-0.2, -0.15) is 0 Å². The molecule has 0 bridgehead atoms. The summed E-state index contributed by atoms with van der Waals surface area (Å²) in [7, 11) is 0. The van der Waals surface area contributed by atoms with Crippen LogP contribution in [0.1, 0.15) is 24.5 Å². The minimum atomic E-state index is -0.581. The van der Waals surface area contributed by atoms with Crippen molar-refractivity contribution in [3.05, 3.63) is 53.6 Å². The van der Waals surface area contributed by atoms with Gasteiger partial charge in [0.05, 0.1) is 18.2 Å². The van der Waals surface area contributed by atoms with E-state index in [2.05, 4.69) is 10.9 Å². The number of para-hydroxylation sites is 2. The van der Waals surface area contributed by atoms with Crippen LogP contribution in [0.3, 0.4) is 0 Å². The Labute approximate surface area is 181 Å². The van der Waals surface area contributed by atoms with Crippen molar-refractivity contribution in [2.45, 2.75) is 27.2 Å². The van der Waals surface area contributed by atoms with Crippen molar-refractivity contribution in [1.29, 1.82) is 0 Å². The number of hydrogen-bond donors (Lipinski definition) is 2. The lowest BCUT2D eigenvalue weighted by molar-refractivity contribution is -0.132. The Morgan fingerprint density at radius 1 is 1.06 bits per heavy atom. The van der Waals surface area contributed by atoms with Crippen LogP contribution >= 0.6 is 0 Å². The number of carbonyl (C=O) groups is 3. The first-order chi connectivity index (χ1) is 14.9. The summed E-state index contributed by atoms with van der Waals surface area (Å²) in [6.07, 6.45) is 0.0568. The number of aryl methyl sites for hydroxylation is 2. The molecule has 2 aromatic carbocycles. The summed E-state index contributed by atoms with van der Waals surface area (Å²) in [5, 5.41) is 0. The molecule has 31 heavy (non-hydrogen) atoms. The molecule has 0 aromatic heterocycles. The van der Waals surface area contributed by atoms with Crippen molar-refractivity contribution < 1.29 is 23.9 Å². The van der Waals surface area contributed by atoms with Crippen LogP contribution in [0.5, 0.6) is 11.5 Å². The molecule has 1 aliphatic rings. The third kappa shape index (κ3) is 5.75. The number of hydrogen-bond acceptors (Lipinski definition) is 5. The smallest absolute Gasteiger partial charge is 0.276 e. The SMILES string of the molecule is CCOc1ccccc1N1C[C@@H](C(=O)NNC(=O)COc2cc(C)cc(C)c2)CC1=O. The number of anilines is 1. The number of hydrazine groups is 1. The number of amides is 3. The molecule has 1 atom stereocenters. The first kappa shape index (κ1) is 22.1. The molecule has 1 heterocycles. The van der Waals surface area contributed by atoms with Crippen LogP contribution in [0.2, 0.25) is 0 Å². The van der Waals surface area contributed by atoms with Gasteiger partial charge in [-0.15, -0.1) is 0 Å². The van der Waals surface area contributed by atoms with Gasteiger partial charge < -0.3 is 14.4 Å². The molecular weight excluding hydrogens is 398 g/mol. The van der Waals surface area contributed by atoms with Gasteiger partial charge in [-0.25, -0.2) is 0 Å². The molecule has 1 saturated heterocycles. The molecule has 0 saturated carbocycles. The molecule has 8 nitrogen and oxygen atoms in total. The number of ether oxygens (including phenoxy) is 2. The summed E-state index contributed by atoms with van der Waals surface area (Å²) in [5.74, 6) is -0.486. The van der Waals surface area contributed by atoms with Crippen LogP contribution in [0, 0.1) is 19.8 Å². The molecule has 164 valence electrons. The molecule has 1 aliphatic heterocycles. The molecule has 2 aromatic rings. The van der Waals surface area contributed by atoms with Crippen LogP contribution < -0.4 is 25.2 Å². The van der Waals surface area contributed by atoms with E-state index in [1.165, 1.54) is 0 Å². The highest BCUT2D eigenvalue weighted by Crippen LogP contribution is 2.33. The summed E-state index contributed by atoms with van der Waals surface area (Å²) < 4.78 is 11.1. The van der Waals surface area contributed by atoms with Crippen LogP contribution in [0.4, 0.5) is 5.69 Å². The van der Waals surface area contributed by atoms with Gasteiger partial charge in [-0.3, -0.25) is 25.2 Å². The molecule has 0 spiro atoms. The van der Waals surface area contributed by atoms with E-state index in [1.807, 2.05) is 51.1 Å². The zero-order valence-corrected chi connectivity index (χ0v) is 17.9. The largest absolute Gasteiger partial charge is 0.492 e. The maximum Gasteiger partial charge on any atom is 0.276 e. The van der Waals surface area contributed by atoms with Gasteiger partial charge in [0, 0.05) is 13.0 Å². The fourth-order valence-electron chi connectivity index (χ4n) is 3.51. The zero-order valence-electron chi connectivity index (χ0n) is 17.9. The average molecular weight is 425 g/mol. The van der Waals surface area contributed by atoms with E-state index in [9.17, 15) is 14.4 Å². The van der Waals surface area contributed by atoms with Crippen molar-refractivity contribution >= 4 is 23.4 Å². The highest BCUT2D eigenvalue weighted by Gasteiger charge is 2.36. The number of nitrogens with one attached hydrogen (secondary N) is 2. The summed E-state index contributed by atoms with van der Waals surface area (Å²) in [4.78, 5) is 38.5. The Bertz CT molecular complexity index is 955. The third-order valence-electron chi connectivity index (χ3n) is 4.84. The van der Waals surface area contributed by atoms with E-state index in [0.29, 0.717) is 23.8 Å². The second-order valence-corrected chi connectivity index (χ2v) is 7.46. The van der Waals surface area contributed by atoms with Crippen molar-refractivity contribution in [2.24, 2.45) is 5.92 Å². The molecular formula is C23H27N3O5. The molecule has 0 aliphatic carbocycles. The van der Waals surface area contributed by atoms with E-state index >= 15 is 0 Å². The Hall–Kier alpha value is -3.55. The molecule has 8 heteroatoms. The third-order valence-corrected chi connectivity index (χ3v) is 4.84. The van der Waals surface area contributed by atoms with Crippen LogP contribution in [-0.4, -0.2) is 37.5 Å². The standard InChI is InChI=1S/C23H27N3O5/c1-4-30-20-8-6-5-7-19(20)26-13-17(12-22(26)28)23(29)25-24-21(27)14-31-18-10-15(2)9-16(3)11-18/h5-11,17H,4,12-14H2,1-3H3,(H,24,27)(H,25,29)/t17-/m0/s1. The zero-order chi connectivity index (χ0) is 22.4. The second-order valence-electron chi connectivity index (χ2n) is 7.46. The van der Waals surface area contributed by atoms with Crippen molar-refractivity contribution in [3.8, 4) is 11.5 Å². The first-order valence-corrected chi connectivity index (χ1v) is 10.2. The van der Waals surface area contributed by atoms with E-state index in [0.717, 1.165) is 11.1 Å². The van der Waals surface area contributed by atoms with Crippen LogP contribution in [0.15, 0.2) is 42.5 Å². The first-order valence-electron chi connectivity index (χ1n) is 10.2.